The molecule has 94 valence electrons. The zero-order chi connectivity index (χ0) is 11.8. The molecule has 2 unspecified atom stereocenters. The number of aromatic nitrogens is 3. The standard InChI is InChI=1S/C12H21N5/c1-16-8-14-12(15-16)4-5-17-10-2-3-11(17)7-9(13)6-10/h8-11H,2-7,13H2,1H3. The van der Waals surface area contributed by atoms with E-state index >= 15 is 0 Å². The maximum absolute atomic E-state index is 6.07. The summed E-state index contributed by atoms with van der Waals surface area (Å²) in [7, 11) is 1.92. The molecule has 0 aliphatic carbocycles. The molecular weight excluding hydrogens is 214 g/mol. The van der Waals surface area contributed by atoms with Gasteiger partial charge in [0.1, 0.15) is 6.33 Å². The van der Waals surface area contributed by atoms with Crippen LogP contribution in [0, 0.1) is 0 Å². The Morgan fingerprint density at radius 2 is 2.06 bits per heavy atom. The molecule has 0 spiro atoms. The average molecular weight is 235 g/mol. The van der Waals surface area contributed by atoms with E-state index in [0.29, 0.717) is 18.1 Å². The number of nitrogens with two attached hydrogens (primary N) is 1. The van der Waals surface area contributed by atoms with Gasteiger partial charge in [-0.2, -0.15) is 5.10 Å². The van der Waals surface area contributed by atoms with E-state index in [2.05, 4.69) is 15.0 Å². The van der Waals surface area contributed by atoms with Gasteiger partial charge in [0.05, 0.1) is 0 Å². The quantitative estimate of drug-likeness (QED) is 0.819. The molecule has 2 fully saturated rings. The zero-order valence-corrected chi connectivity index (χ0v) is 10.4. The summed E-state index contributed by atoms with van der Waals surface area (Å²) in [5, 5.41) is 4.33. The average Bonchev–Trinajstić information content (AvgIpc) is 2.79. The van der Waals surface area contributed by atoms with Crippen LogP contribution in [0.25, 0.3) is 0 Å². The number of hydrogen-bond acceptors (Lipinski definition) is 4. The lowest BCUT2D eigenvalue weighted by atomic mass is 9.98. The van der Waals surface area contributed by atoms with Crippen LogP contribution >= 0.6 is 0 Å². The highest BCUT2D eigenvalue weighted by Crippen LogP contribution is 2.34. The summed E-state index contributed by atoms with van der Waals surface area (Å²) in [6, 6.07) is 1.86. The van der Waals surface area contributed by atoms with Gasteiger partial charge in [-0.05, 0) is 25.7 Å². The normalized spacial score (nSPS) is 33.2. The largest absolute Gasteiger partial charge is 0.328 e. The maximum atomic E-state index is 6.07. The Bertz CT molecular complexity index is 374. The van der Waals surface area contributed by atoms with Crippen molar-refractivity contribution < 1.29 is 0 Å². The SMILES string of the molecule is Cn1cnc(CCN2C3CCC2CC(N)C3)n1. The first-order chi connectivity index (χ1) is 8.22. The Hall–Kier alpha value is -0.940. The molecule has 5 heteroatoms. The van der Waals surface area contributed by atoms with Crippen LogP contribution < -0.4 is 5.73 Å². The van der Waals surface area contributed by atoms with Crippen molar-refractivity contribution in [3.05, 3.63) is 12.2 Å². The van der Waals surface area contributed by atoms with E-state index in [1.165, 1.54) is 25.7 Å². The van der Waals surface area contributed by atoms with Crippen LogP contribution in [0.1, 0.15) is 31.5 Å². The Kier molecular flexibility index (Phi) is 2.88. The highest BCUT2D eigenvalue weighted by molar-refractivity contribution is 4.97. The minimum absolute atomic E-state index is 0.428. The van der Waals surface area contributed by atoms with Crippen LogP contribution in [0.3, 0.4) is 0 Å². The third kappa shape index (κ3) is 2.21. The van der Waals surface area contributed by atoms with Gasteiger partial charge in [-0.3, -0.25) is 9.58 Å². The number of nitrogens with zero attached hydrogens (tertiary/aromatic N) is 4. The van der Waals surface area contributed by atoms with Crippen molar-refractivity contribution >= 4 is 0 Å². The highest BCUT2D eigenvalue weighted by atomic mass is 15.3. The van der Waals surface area contributed by atoms with Gasteiger partial charge in [-0.25, -0.2) is 4.98 Å². The second kappa shape index (κ2) is 4.38. The van der Waals surface area contributed by atoms with Gasteiger partial charge < -0.3 is 5.73 Å². The molecule has 2 atom stereocenters. The molecule has 2 N–H and O–H groups in total. The van der Waals surface area contributed by atoms with Crippen molar-refractivity contribution in [2.24, 2.45) is 12.8 Å². The van der Waals surface area contributed by atoms with Crippen LogP contribution in [0.4, 0.5) is 0 Å². The number of piperidine rings is 1. The van der Waals surface area contributed by atoms with Crippen LogP contribution in [-0.4, -0.2) is 44.3 Å². The van der Waals surface area contributed by atoms with Crippen molar-refractivity contribution in [1.82, 2.24) is 19.7 Å². The molecule has 1 aromatic rings. The second-order valence-corrected chi connectivity index (χ2v) is 5.44. The zero-order valence-electron chi connectivity index (χ0n) is 10.4. The molecule has 2 bridgehead atoms. The lowest BCUT2D eigenvalue weighted by Gasteiger charge is -2.37. The number of hydrogen-bond donors (Lipinski definition) is 1. The van der Waals surface area contributed by atoms with E-state index in [1.54, 1.807) is 11.0 Å². The van der Waals surface area contributed by atoms with Gasteiger partial charge >= 0.3 is 0 Å². The summed E-state index contributed by atoms with van der Waals surface area (Å²) < 4.78 is 1.77. The molecule has 0 radical (unpaired) electrons. The van der Waals surface area contributed by atoms with Gasteiger partial charge in [-0.15, -0.1) is 0 Å². The van der Waals surface area contributed by atoms with Crippen molar-refractivity contribution in [3.63, 3.8) is 0 Å². The summed E-state index contributed by atoms with van der Waals surface area (Å²) >= 11 is 0. The lowest BCUT2D eigenvalue weighted by Crippen LogP contribution is -2.48. The molecule has 0 saturated carbocycles. The number of fused-ring (bicyclic) bond motifs is 2. The van der Waals surface area contributed by atoms with E-state index in [0.717, 1.165) is 18.8 Å². The van der Waals surface area contributed by atoms with E-state index in [9.17, 15) is 0 Å². The monoisotopic (exact) mass is 235 g/mol. The first-order valence-electron chi connectivity index (χ1n) is 6.58. The first-order valence-corrected chi connectivity index (χ1v) is 6.58. The van der Waals surface area contributed by atoms with Crippen LogP contribution in [0.5, 0.6) is 0 Å². The molecule has 0 amide bonds. The molecule has 17 heavy (non-hydrogen) atoms. The second-order valence-electron chi connectivity index (χ2n) is 5.44. The summed E-state index contributed by atoms with van der Waals surface area (Å²) in [5.41, 5.74) is 6.07. The van der Waals surface area contributed by atoms with Gasteiger partial charge in [0.2, 0.25) is 0 Å². The molecule has 2 aliphatic heterocycles. The van der Waals surface area contributed by atoms with Gasteiger partial charge in [0, 0.05) is 38.1 Å². The molecule has 1 aromatic heterocycles. The molecule has 2 aliphatic rings. The summed E-state index contributed by atoms with van der Waals surface area (Å²) in [6.07, 6.45) is 7.74. The molecule has 3 heterocycles. The minimum atomic E-state index is 0.428. The van der Waals surface area contributed by atoms with Crippen molar-refractivity contribution in [1.29, 1.82) is 0 Å². The molecular formula is C12H21N5. The Morgan fingerprint density at radius 3 is 2.65 bits per heavy atom. The highest BCUT2D eigenvalue weighted by Gasteiger charge is 2.39. The predicted molar refractivity (Wildman–Crippen MR) is 65.4 cm³/mol. The van der Waals surface area contributed by atoms with Crippen molar-refractivity contribution in [3.8, 4) is 0 Å². The molecule has 2 saturated heterocycles. The third-order valence-electron chi connectivity index (χ3n) is 4.16. The molecule has 5 nitrogen and oxygen atoms in total. The van der Waals surface area contributed by atoms with Crippen molar-refractivity contribution in [2.45, 2.75) is 50.2 Å². The van der Waals surface area contributed by atoms with E-state index in [1.807, 2.05) is 7.05 Å². The van der Waals surface area contributed by atoms with E-state index in [-0.39, 0.29) is 0 Å². The fraction of sp³-hybridized carbons (Fsp3) is 0.833. The fourth-order valence-corrected chi connectivity index (χ4v) is 3.41. The molecule has 3 rings (SSSR count). The van der Waals surface area contributed by atoms with Crippen LogP contribution in [0.2, 0.25) is 0 Å². The summed E-state index contributed by atoms with van der Waals surface area (Å²) in [5.74, 6) is 0.960. The van der Waals surface area contributed by atoms with Gasteiger partial charge in [0.25, 0.3) is 0 Å². The maximum Gasteiger partial charge on any atom is 0.151 e. The Labute approximate surface area is 102 Å². The summed E-state index contributed by atoms with van der Waals surface area (Å²) in [4.78, 5) is 6.92. The van der Waals surface area contributed by atoms with E-state index in [4.69, 9.17) is 5.73 Å². The first kappa shape index (κ1) is 11.2. The van der Waals surface area contributed by atoms with Crippen molar-refractivity contribution in [2.75, 3.05) is 6.54 Å². The number of aryl methyl sites for hydroxylation is 1. The van der Waals surface area contributed by atoms with Crippen LogP contribution in [0.15, 0.2) is 6.33 Å². The Balaban J connectivity index is 1.59. The smallest absolute Gasteiger partial charge is 0.151 e. The Morgan fingerprint density at radius 1 is 1.35 bits per heavy atom. The third-order valence-corrected chi connectivity index (χ3v) is 4.16. The van der Waals surface area contributed by atoms with E-state index < -0.39 is 0 Å². The van der Waals surface area contributed by atoms with Gasteiger partial charge in [0.15, 0.2) is 5.82 Å². The predicted octanol–water partition coefficient (Wildman–Crippen LogP) is 0.312. The number of rotatable bonds is 3. The minimum Gasteiger partial charge on any atom is -0.328 e. The van der Waals surface area contributed by atoms with Gasteiger partial charge in [-0.1, -0.05) is 0 Å². The van der Waals surface area contributed by atoms with Crippen LogP contribution in [-0.2, 0) is 13.5 Å². The summed E-state index contributed by atoms with van der Waals surface area (Å²) in [6.45, 7) is 1.09. The molecule has 0 aromatic carbocycles. The lowest BCUT2D eigenvalue weighted by molar-refractivity contribution is 0.129. The fourth-order valence-electron chi connectivity index (χ4n) is 3.41. The topological polar surface area (TPSA) is 60.0 Å².